The van der Waals surface area contributed by atoms with Crippen LogP contribution in [0.4, 0.5) is 0 Å². The zero-order chi connectivity index (χ0) is 11.5. The van der Waals surface area contributed by atoms with Crippen LogP contribution in [0.1, 0.15) is 13.8 Å². The fraction of sp³-hybridized carbons (Fsp3) is 0.444. The third kappa shape index (κ3) is 3.17. The third-order valence-corrected chi connectivity index (χ3v) is 3.70. The van der Waals surface area contributed by atoms with Crippen LogP contribution in [-0.4, -0.2) is 27.8 Å². The Kier molecular flexibility index (Phi) is 4.10. The number of ether oxygens (including phenoxy) is 1. The minimum absolute atomic E-state index is 0.280. The highest BCUT2D eigenvalue weighted by atomic mass is 79.9. The van der Waals surface area contributed by atoms with Gasteiger partial charge in [0.15, 0.2) is 0 Å². The Morgan fingerprint density at radius 2 is 2.27 bits per heavy atom. The number of esters is 1. The maximum atomic E-state index is 11.4. The molecule has 82 valence electrons. The molecule has 4 nitrogen and oxygen atoms in total. The molecule has 1 aromatic rings. The maximum absolute atomic E-state index is 11.4. The van der Waals surface area contributed by atoms with E-state index < -0.39 is 4.75 Å². The first-order chi connectivity index (χ1) is 6.97. The van der Waals surface area contributed by atoms with Gasteiger partial charge >= 0.3 is 5.97 Å². The molecule has 0 aliphatic carbocycles. The molecule has 0 atom stereocenters. The Balaban J connectivity index is 2.86. The minimum atomic E-state index is -0.661. The number of hydrogen-bond acceptors (Lipinski definition) is 5. The van der Waals surface area contributed by atoms with E-state index in [1.165, 1.54) is 25.2 Å². The van der Waals surface area contributed by atoms with E-state index in [1.807, 2.05) is 0 Å². The normalized spacial score (nSPS) is 11.2. The van der Waals surface area contributed by atoms with E-state index in [0.717, 1.165) is 9.50 Å². The number of carbonyl (C=O) groups excluding carboxylic acids is 1. The Bertz CT molecular complexity index is 371. The van der Waals surface area contributed by atoms with Crippen LogP contribution in [0.15, 0.2) is 22.0 Å². The van der Waals surface area contributed by atoms with Gasteiger partial charge in [-0.3, -0.25) is 4.79 Å². The van der Waals surface area contributed by atoms with E-state index in [4.69, 9.17) is 4.74 Å². The molecule has 0 saturated carbocycles. The summed E-state index contributed by atoms with van der Waals surface area (Å²) in [5.41, 5.74) is 0. The van der Waals surface area contributed by atoms with Crippen molar-refractivity contribution in [3.63, 3.8) is 0 Å². The molecule has 0 amide bonds. The summed E-state index contributed by atoms with van der Waals surface area (Å²) in [6, 6.07) is 0. The van der Waals surface area contributed by atoms with Crippen molar-refractivity contribution in [1.82, 2.24) is 9.97 Å². The molecule has 6 heteroatoms. The van der Waals surface area contributed by atoms with E-state index >= 15 is 0 Å². The van der Waals surface area contributed by atoms with Crippen LogP contribution in [0.3, 0.4) is 0 Å². The molecule has 0 N–H and O–H groups in total. The molecule has 0 aliphatic rings. The van der Waals surface area contributed by atoms with Crippen LogP contribution in [0, 0.1) is 0 Å². The topological polar surface area (TPSA) is 52.1 Å². The van der Waals surface area contributed by atoms with Crippen molar-refractivity contribution < 1.29 is 9.53 Å². The highest BCUT2D eigenvalue weighted by Gasteiger charge is 2.31. The maximum Gasteiger partial charge on any atom is 0.321 e. The van der Waals surface area contributed by atoms with Crippen molar-refractivity contribution in [2.75, 3.05) is 7.11 Å². The average molecular weight is 291 g/mol. The van der Waals surface area contributed by atoms with Crippen molar-refractivity contribution in [2.45, 2.75) is 23.6 Å². The van der Waals surface area contributed by atoms with E-state index in [9.17, 15) is 4.79 Å². The van der Waals surface area contributed by atoms with Gasteiger partial charge in [0.1, 0.15) is 16.1 Å². The minimum Gasteiger partial charge on any atom is -0.468 e. The summed E-state index contributed by atoms with van der Waals surface area (Å²) >= 11 is 4.65. The number of halogens is 1. The van der Waals surface area contributed by atoms with Gasteiger partial charge in [-0.2, -0.15) is 0 Å². The van der Waals surface area contributed by atoms with Gasteiger partial charge < -0.3 is 4.74 Å². The van der Waals surface area contributed by atoms with Gasteiger partial charge in [0.05, 0.1) is 11.6 Å². The van der Waals surface area contributed by atoms with Crippen molar-refractivity contribution in [3.05, 3.63) is 17.0 Å². The molecule has 0 bridgehead atoms. The van der Waals surface area contributed by atoms with Gasteiger partial charge in [0, 0.05) is 6.20 Å². The summed E-state index contributed by atoms with van der Waals surface area (Å²) in [6.07, 6.45) is 3.09. The van der Waals surface area contributed by atoms with Crippen molar-refractivity contribution in [3.8, 4) is 0 Å². The molecule has 0 saturated heterocycles. The number of carbonyl (C=O) groups is 1. The van der Waals surface area contributed by atoms with Crippen LogP contribution in [0.5, 0.6) is 0 Å². The first-order valence-electron chi connectivity index (χ1n) is 4.20. The van der Waals surface area contributed by atoms with Gasteiger partial charge in [-0.15, -0.1) is 0 Å². The second-order valence-electron chi connectivity index (χ2n) is 3.28. The molecule has 1 heterocycles. The van der Waals surface area contributed by atoms with Gasteiger partial charge in [0.25, 0.3) is 0 Å². The van der Waals surface area contributed by atoms with E-state index in [-0.39, 0.29) is 5.97 Å². The van der Waals surface area contributed by atoms with Gasteiger partial charge in [-0.25, -0.2) is 9.97 Å². The number of thioether (sulfide) groups is 1. The molecule has 0 aromatic carbocycles. The lowest BCUT2D eigenvalue weighted by atomic mass is 10.2. The third-order valence-electron chi connectivity index (χ3n) is 1.66. The summed E-state index contributed by atoms with van der Waals surface area (Å²) in [4.78, 5) is 19.4. The number of hydrogen-bond donors (Lipinski definition) is 0. The van der Waals surface area contributed by atoms with Gasteiger partial charge in [0.2, 0.25) is 0 Å². The first-order valence-corrected chi connectivity index (χ1v) is 5.81. The Labute approximate surface area is 101 Å². The number of methoxy groups -OCH3 is 1. The lowest BCUT2D eigenvalue weighted by Crippen LogP contribution is -2.29. The van der Waals surface area contributed by atoms with E-state index in [0.29, 0.717) is 0 Å². The molecule has 0 radical (unpaired) electrons. The lowest BCUT2D eigenvalue weighted by molar-refractivity contribution is -0.142. The Hall–Kier alpha value is -0.620. The SMILES string of the molecule is COC(=O)C(C)(C)Sc1ncncc1Br. The summed E-state index contributed by atoms with van der Waals surface area (Å²) in [5.74, 6) is -0.280. The summed E-state index contributed by atoms with van der Waals surface area (Å²) in [5, 5.41) is 0.723. The zero-order valence-corrected chi connectivity index (χ0v) is 11.1. The number of nitrogens with zero attached hydrogens (tertiary/aromatic N) is 2. The molecule has 0 fully saturated rings. The van der Waals surface area contributed by atoms with Crippen molar-refractivity contribution >= 4 is 33.7 Å². The zero-order valence-electron chi connectivity index (χ0n) is 8.65. The van der Waals surface area contributed by atoms with Crippen LogP contribution < -0.4 is 0 Å². The average Bonchev–Trinajstić information content (AvgIpc) is 2.20. The second-order valence-corrected chi connectivity index (χ2v) is 5.75. The fourth-order valence-electron chi connectivity index (χ4n) is 0.906. The predicted octanol–water partition coefficient (Wildman–Crippen LogP) is 2.28. The van der Waals surface area contributed by atoms with Crippen LogP contribution in [-0.2, 0) is 9.53 Å². The van der Waals surface area contributed by atoms with Crippen molar-refractivity contribution in [2.24, 2.45) is 0 Å². The summed E-state index contributed by atoms with van der Waals surface area (Å²) in [7, 11) is 1.37. The van der Waals surface area contributed by atoms with Crippen LogP contribution in [0.2, 0.25) is 0 Å². The number of rotatable bonds is 3. The predicted molar refractivity (Wildman–Crippen MR) is 61.7 cm³/mol. The number of aromatic nitrogens is 2. The van der Waals surface area contributed by atoms with Crippen LogP contribution >= 0.6 is 27.7 Å². The van der Waals surface area contributed by atoms with Crippen LogP contribution in [0.25, 0.3) is 0 Å². The molecule has 0 aliphatic heterocycles. The highest BCUT2D eigenvalue weighted by molar-refractivity contribution is 9.10. The van der Waals surface area contributed by atoms with Gasteiger partial charge in [-0.1, -0.05) is 11.8 Å². The lowest BCUT2D eigenvalue weighted by Gasteiger charge is -2.20. The Morgan fingerprint density at radius 3 is 2.80 bits per heavy atom. The van der Waals surface area contributed by atoms with E-state index in [1.54, 1.807) is 20.0 Å². The smallest absolute Gasteiger partial charge is 0.321 e. The molecule has 15 heavy (non-hydrogen) atoms. The summed E-state index contributed by atoms with van der Waals surface area (Å²) < 4.78 is 4.82. The standard InChI is InChI=1S/C9H11BrN2O2S/c1-9(2,8(13)14-3)15-7-6(10)4-11-5-12-7/h4-5H,1-3H3. The first kappa shape index (κ1) is 12.4. The largest absolute Gasteiger partial charge is 0.468 e. The Morgan fingerprint density at radius 1 is 1.60 bits per heavy atom. The van der Waals surface area contributed by atoms with Crippen molar-refractivity contribution in [1.29, 1.82) is 0 Å². The molecule has 1 aromatic heterocycles. The summed E-state index contributed by atoms with van der Waals surface area (Å²) in [6.45, 7) is 3.58. The molecule has 1 rings (SSSR count). The van der Waals surface area contributed by atoms with E-state index in [2.05, 4.69) is 25.9 Å². The molecule has 0 unspecified atom stereocenters. The molecule has 0 spiro atoms. The quantitative estimate of drug-likeness (QED) is 0.486. The monoisotopic (exact) mass is 290 g/mol. The molecular formula is C9H11BrN2O2S. The van der Waals surface area contributed by atoms with Gasteiger partial charge in [-0.05, 0) is 29.8 Å². The molecular weight excluding hydrogens is 280 g/mol. The fourth-order valence-corrected chi connectivity index (χ4v) is 2.27. The highest BCUT2D eigenvalue weighted by Crippen LogP contribution is 2.35. The second kappa shape index (κ2) is 4.94.